The lowest BCUT2D eigenvalue weighted by Crippen LogP contribution is -2.37. The first-order valence-electron chi connectivity index (χ1n) is 11.2. The summed E-state index contributed by atoms with van der Waals surface area (Å²) in [5.41, 5.74) is -2.43. The Bertz CT molecular complexity index is 1290. The number of alkyl halides is 3. The number of halogens is 3. The number of carbonyl (C=O) groups is 1. The molecule has 1 atom stereocenters. The molecule has 180 valence electrons. The van der Waals surface area contributed by atoms with Crippen molar-refractivity contribution in [3.05, 3.63) is 59.7 Å². The van der Waals surface area contributed by atoms with E-state index in [1.807, 2.05) is 0 Å². The van der Waals surface area contributed by atoms with E-state index in [0.29, 0.717) is 25.2 Å². The van der Waals surface area contributed by atoms with Gasteiger partial charge in [-0.25, -0.2) is 19.9 Å². The molecule has 1 unspecified atom stereocenters. The van der Waals surface area contributed by atoms with Crippen LogP contribution in [0.3, 0.4) is 0 Å². The highest BCUT2D eigenvalue weighted by atomic mass is 19.4. The molecule has 2 fully saturated rings. The Hall–Kier alpha value is -3.88. The molecule has 3 aromatic rings. The van der Waals surface area contributed by atoms with Gasteiger partial charge in [-0.2, -0.15) is 28.2 Å². The Balaban J connectivity index is 1.54. The molecule has 5 rings (SSSR count). The summed E-state index contributed by atoms with van der Waals surface area (Å²) >= 11 is 0. The minimum absolute atomic E-state index is 0.0157. The second kappa shape index (κ2) is 8.41. The van der Waals surface area contributed by atoms with E-state index in [2.05, 4.69) is 31.1 Å². The van der Waals surface area contributed by atoms with Gasteiger partial charge in [0.15, 0.2) is 5.82 Å². The fraction of sp³-hybridized carbons (Fsp3) is 0.435. The van der Waals surface area contributed by atoms with Gasteiger partial charge in [0.05, 0.1) is 28.8 Å². The van der Waals surface area contributed by atoms with Gasteiger partial charge in [0.2, 0.25) is 0 Å². The number of nitriles is 1. The minimum atomic E-state index is -4.68. The van der Waals surface area contributed by atoms with Crippen molar-refractivity contribution in [1.82, 2.24) is 34.6 Å². The largest absolute Gasteiger partial charge is 0.416 e. The lowest BCUT2D eigenvalue weighted by atomic mass is 10.0. The monoisotopic (exact) mass is 482 g/mol. The average Bonchev–Trinajstić information content (AvgIpc) is 3.79. The number of hydrogen-bond donors (Lipinski definition) is 0. The van der Waals surface area contributed by atoms with Gasteiger partial charge in [0, 0.05) is 18.9 Å². The van der Waals surface area contributed by atoms with Gasteiger partial charge in [-0.15, -0.1) is 0 Å². The van der Waals surface area contributed by atoms with Crippen molar-refractivity contribution < 1.29 is 18.0 Å². The molecule has 0 bridgehead atoms. The van der Waals surface area contributed by atoms with E-state index in [1.165, 1.54) is 15.9 Å². The molecule has 35 heavy (non-hydrogen) atoms. The highest BCUT2D eigenvalue weighted by Crippen LogP contribution is 2.48. The van der Waals surface area contributed by atoms with Crippen LogP contribution in [0.5, 0.6) is 0 Å². The van der Waals surface area contributed by atoms with Crippen molar-refractivity contribution >= 4 is 5.91 Å². The number of rotatable bonds is 7. The molecule has 0 aromatic carbocycles. The normalized spacial score (nSPS) is 17.5. The van der Waals surface area contributed by atoms with Gasteiger partial charge in [-0.3, -0.25) is 4.79 Å². The Morgan fingerprint density at radius 3 is 2.57 bits per heavy atom. The summed E-state index contributed by atoms with van der Waals surface area (Å²) in [5.74, 6) is 0.210. The zero-order chi connectivity index (χ0) is 24.8. The SMILES string of the molecule is CC(c1ncnn1-c1ncccn1)N(CC1CC1)C(=O)c1cc(C(F)(F)F)cc(C2(C#N)CC2)n1. The summed E-state index contributed by atoms with van der Waals surface area (Å²) in [7, 11) is 0. The molecular weight excluding hydrogens is 461 g/mol. The van der Waals surface area contributed by atoms with Crippen LogP contribution in [-0.4, -0.2) is 47.1 Å². The van der Waals surface area contributed by atoms with E-state index in [4.69, 9.17) is 0 Å². The van der Waals surface area contributed by atoms with Gasteiger partial charge < -0.3 is 4.90 Å². The third kappa shape index (κ3) is 4.45. The zero-order valence-corrected chi connectivity index (χ0v) is 18.8. The van der Waals surface area contributed by atoms with Crippen LogP contribution in [-0.2, 0) is 11.6 Å². The maximum Gasteiger partial charge on any atom is 0.416 e. The summed E-state index contributed by atoms with van der Waals surface area (Å²) < 4.78 is 42.5. The molecular formula is C23H21F3N8O. The highest BCUT2D eigenvalue weighted by Gasteiger charge is 2.48. The number of nitrogens with zero attached hydrogens (tertiary/aromatic N) is 8. The fourth-order valence-electron chi connectivity index (χ4n) is 3.97. The predicted molar refractivity (Wildman–Crippen MR) is 115 cm³/mol. The third-order valence-corrected chi connectivity index (χ3v) is 6.40. The Morgan fingerprint density at radius 2 is 1.97 bits per heavy atom. The quantitative estimate of drug-likeness (QED) is 0.505. The van der Waals surface area contributed by atoms with Gasteiger partial charge in [0.1, 0.15) is 12.0 Å². The minimum Gasteiger partial charge on any atom is -0.327 e. The Labute approximate surface area is 198 Å². The Kier molecular flexibility index (Phi) is 5.50. The number of pyridine rings is 1. The van der Waals surface area contributed by atoms with Gasteiger partial charge in [-0.1, -0.05) is 0 Å². The molecule has 2 aliphatic rings. The predicted octanol–water partition coefficient (Wildman–Crippen LogP) is 3.64. The molecule has 0 saturated heterocycles. The summed E-state index contributed by atoms with van der Waals surface area (Å²) in [5, 5.41) is 13.7. The lowest BCUT2D eigenvalue weighted by molar-refractivity contribution is -0.137. The first-order valence-corrected chi connectivity index (χ1v) is 11.2. The van der Waals surface area contributed by atoms with Crippen LogP contribution in [0, 0.1) is 17.2 Å². The van der Waals surface area contributed by atoms with Crippen LogP contribution < -0.4 is 0 Å². The molecule has 1 amide bonds. The number of hydrogen-bond acceptors (Lipinski definition) is 7. The summed E-state index contributed by atoms with van der Waals surface area (Å²) in [4.78, 5) is 32.1. The average molecular weight is 482 g/mol. The van der Waals surface area contributed by atoms with Crippen LogP contribution >= 0.6 is 0 Å². The van der Waals surface area contributed by atoms with Crippen molar-refractivity contribution in [3.8, 4) is 12.0 Å². The van der Waals surface area contributed by atoms with Crippen molar-refractivity contribution in [2.75, 3.05) is 6.54 Å². The first-order chi connectivity index (χ1) is 16.7. The molecule has 0 aliphatic heterocycles. The molecule has 3 heterocycles. The highest BCUT2D eigenvalue weighted by molar-refractivity contribution is 5.93. The van der Waals surface area contributed by atoms with Gasteiger partial charge >= 0.3 is 6.18 Å². The maximum atomic E-state index is 13.7. The Morgan fingerprint density at radius 1 is 1.26 bits per heavy atom. The fourth-order valence-corrected chi connectivity index (χ4v) is 3.97. The van der Waals surface area contributed by atoms with Gasteiger partial charge in [0.25, 0.3) is 11.9 Å². The molecule has 2 saturated carbocycles. The van der Waals surface area contributed by atoms with Crippen molar-refractivity contribution in [2.45, 2.75) is 50.2 Å². The van der Waals surface area contributed by atoms with E-state index in [0.717, 1.165) is 25.0 Å². The van der Waals surface area contributed by atoms with E-state index in [1.54, 1.807) is 25.4 Å². The molecule has 0 spiro atoms. The van der Waals surface area contributed by atoms with Crippen LogP contribution in [0.4, 0.5) is 13.2 Å². The van der Waals surface area contributed by atoms with E-state index < -0.39 is 29.1 Å². The topological polar surface area (TPSA) is 113 Å². The van der Waals surface area contributed by atoms with E-state index in [-0.39, 0.29) is 23.3 Å². The van der Waals surface area contributed by atoms with Crippen LogP contribution in [0.2, 0.25) is 0 Å². The van der Waals surface area contributed by atoms with Crippen LogP contribution in [0.25, 0.3) is 5.95 Å². The molecule has 0 radical (unpaired) electrons. The summed E-state index contributed by atoms with van der Waals surface area (Å²) in [6, 6.07) is 4.70. The molecule has 12 heteroatoms. The molecule has 3 aromatic heterocycles. The lowest BCUT2D eigenvalue weighted by Gasteiger charge is -2.29. The number of amides is 1. The van der Waals surface area contributed by atoms with Crippen molar-refractivity contribution in [3.63, 3.8) is 0 Å². The standard InChI is InChI=1S/C23H21F3N8O/c1-14(19-30-13-31-34(19)21-28-7-2-8-29-21)33(11-15-3-4-15)20(35)17-9-16(23(24,25)26)10-18(32-17)22(12-27)5-6-22/h2,7-10,13-15H,3-6,11H2,1H3. The third-order valence-electron chi connectivity index (χ3n) is 6.40. The van der Waals surface area contributed by atoms with Crippen molar-refractivity contribution in [1.29, 1.82) is 5.26 Å². The van der Waals surface area contributed by atoms with Gasteiger partial charge in [-0.05, 0) is 56.7 Å². The smallest absolute Gasteiger partial charge is 0.327 e. The number of aromatic nitrogens is 6. The van der Waals surface area contributed by atoms with E-state index >= 15 is 0 Å². The molecule has 0 N–H and O–H groups in total. The number of carbonyl (C=O) groups excluding carboxylic acids is 1. The molecule has 9 nitrogen and oxygen atoms in total. The van der Waals surface area contributed by atoms with E-state index in [9.17, 15) is 23.2 Å². The first kappa shape index (κ1) is 22.9. The van der Waals surface area contributed by atoms with Crippen LogP contribution in [0.1, 0.15) is 66.2 Å². The molecule has 2 aliphatic carbocycles. The summed E-state index contributed by atoms with van der Waals surface area (Å²) in [6.07, 6.45) is 2.38. The van der Waals surface area contributed by atoms with Crippen LogP contribution in [0.15, 0.2) is 36.9 Å². The second-order valence-electron chi connectivity index (χ2n) is 8.97. The maximum absolute atomic E-state index is 13.7. The van der Waals surface area contributed by atoms with Crippen molar-refractivity contribution in [2.24, 2.45) is 5.92 Å². The second-order valence-corrected chi connectivity index (χ2v) is 8.97. The summed E-state index contributed by atoms with van der Waals surface area (Å²) in [6.45, 7) is 2.06. The zero-order valence-electron chi connectivity index (χ0n) is 18.8.